The van der Waals surface area contributed by atoms with E-state index in [2.05, 4.69) is 0 Å². The zero-order valence-corrected chi connectivity index (χ0v) is 8.75. The topological polar surface area (TPSA) is 17.1 Å². The van der Waals surface area contributed by atoms with E-state index >= 15 is 0 Å². The molecule has 14 heavy (non-hydrogen) atoms. The predicted molar refractivity (Wildman–Crippen MR) is 59.1 cm³/mol. The molecule has 1 nitrogen and oxygen atoms in total. The quantitative estimate of drug-likeness (QED) is 0.722. The fourth-order valence-corrected chi connectivity index (χ4v) is 2.34. The number of aryl methyl sites for hydroxylation is 1. The van der Waals surface area contributed by atoms with Crippen molar-refractivity contribution < 1.29 is 4.21 Å². The van der Waals surface area contributed by atoms with Gasteiger partial charge in [0.05, 0.1) is 10.8 Å². The second-order valence-electron chi connectivity index (χ2n) is 3.20. The van der Waals surface area contributed by atoms with Crippen LogP contribution in [0.4, 0.5) is 0 Å². The third-order valence-corrected chi connectivity index (χ3v) is 3.48. The van der Waals surface area contributed by atoms with Crippen LogP contribution < -0.4 is 0 Å². The van der Waals surface area contributed by atoms with E-state index in [-0.39, 0.29) is 0 Å². The van der Waals surface area contributed by atoms with Gasteiger partial charge in [0.2, 0.25) is 0 Å². The van der Waals surface area contributed by atoms with Crippen molar-refractivity contribution in [2.24, 2.45) is 0 Å². The van der Waals surface area contributed by atoms with Gasteiger partial charge in [0.25, 0.3) is 0 Å². The minimum atomic E-state index is -1.02. The van der Waals surface area contributed by atoms with Crippen molar-refractivity contribution in [1.82, 2.24) is 0 Å². The molecule has 1 unspecified atom stereocenters. The Balaban J connectivity index is 2.23. The SMILES string of the molecule is Cc1ccc(S(=O)C2=CC=C[CH]2)cc1. The van der Waals surface area contributed by atoms with E-state index in [0.29, 0.717) is 0 Å². The first-order valence-electron chi connectivity index (χ1n) is 4.47. The monoisotopic (exact) mass is 203 g/mol. The van der Waals surface area contributed by atoms with Crippen molar-refractivity contribution in [2.75, 3.05) is 0 Å². The zero-order chi connectivity index (χ0) is 9.97. The molecule has 0 saturated carbocycles. The summed E-state index contributed by atoms with van der Waals surface area (Å²) < 4.78 is 11.9. The molecule has 2 rings (SSSR count). The van der Waals surface area contributed by atoms with Gasteiger partial charge in [-0.05, 0) is 25.1 Å². The Morgan fingerprint density at radius 2 is 1.79 bits per heavy atom. The maximum Gasteiger partial charge on any atom is 0.0814 e. The van der Waals surface area contributed by atoms with E-state index in [1.54, 1.807) is 0 Å². The van der Waals surface area contributed by atoms with Crippen LogP contribution in [0.25, 0.3) is 0 Å². The summed E-state index contributed by atoms with van der Waals surface area (Å²) in [6, 6.07) is 7.79. The van der Waals surface area contributed by atoms with Gasteiger partial charge in [0, 0.05) is 16.2 Å². The van der Waals surface area contributed by atoms with Crippen molar-refractivity contribution in [3.05, 3.63) is 59.4 Å². The normalized spacial score (nSPS) is 16.8. The molecule has 0 aromatic heterocycles. The first kappa shape index (κ1) is 9.41. The molecule has 0 amide bonds. The Morgan fingerprint density at radius 1 is 1.07 bits per heavy atom. The van der Waals surface area contributed by atoms with Crippen LogP contribution >= 0.6 is 0 Å². The molecule has 1 aromatic rings. The smallest absolute Gasteiger partial charge is 0.0814 e. The Bertz CT molecular complexity index is 412. The molecule has 0 fully saturated rings. The highest BCUT2D eigenvalue weighted by Gasteiger charge is 2.10. The van der Waals surface area contributed by atoms with Crippen LogP contribution in [0.1, 0.15) is 5.56 Å². The van der Waals surface area contributed by atoms with Gasteiger partial charge < -0.3 is 0 Å². The van der Waals surface area contributed by atoms with Gasteiger partial charge in [-0.15, -0.1) is 0 Å². The Morgan fingerprint density at radius 3 is 2.36 bits per heavy atom. The molecule has 0 heterocycles. The lowest BCUT2D eigenvalue weighted by Gasteiger charge is -2.02. The van der Waals surface area contributed by atoms with E-state index in [4.69, 9.17) is 0 Å². The predicted octanol–water partition coefficient (Wildman–Crippen LogP) is 2.76. The minimum absolute atomic E-state index is 0.863. The summed E-state index contributed by atoms with van der Waals surface area (Å²) in [6.45, 7) is 2.02. The van der Waals surface area contributed by atoms with Crippen LogP contribution in [0, 0.1) is 13.3 Å². The van der Waals surface area contributed by atoms with E-state index < -0.39 is 10.8 Å². The van der Waals surface area contributed by atoms with Gasteiger partial charge in [-0.1, -0.05) is 29.8 Å². The number of hydrogen-bond acceptors (Lipinski definition) is 1. The first-order valence-corrected chi connectivity index (χ1v) is 5.62. The van der Waals surface area contributed by atoms with E-state index in [0.717, 1.165) is 9.80 Å². The largest absolute Gasteiger partial charge is 0.249 e. The molecule has 1 aliphatic carbocycles. The standard InChI is InChI=1S/C12H11OS/c1-10-6-8-12(9-7-10)14(13)11-4-2-3-5-11/h2-9H,1H3. The fourth-order valence-electron chi connectivity index (χ4n) is 1.28. The van der Waals surface area contributed by atoms with Crippen molar-refractivity contribution in [3.63, 3.8) is 0 Å². The van der Waals surface area contributed by atoms with Crippen LogP contribution in [0.15, 0.2) is 52.3 Å². The zero-order valence-electron chi connectivity index (χ0n) is 7.94. The average molecular weight is 203 g/mol. The summed E-state index contributed by atoms with van der Waals surface area (Å²) in [5.74, 6) is 0. The number of rotatable bonds is 2. The number of hydrogen-bond donors (Lipinski definition) is 0. The molecule has 0 aliphatic heterocycles. The third kappa shape index (κ3) is 1.85. The highest BCUT2D eigenvalue weighted by Crippen LogP contribution is 2.20. The molecule has 0 saturated heterocycles. The second-order valence-corrected chi connectivity index (χ2v) is 4.68. The molecule has 0 N–H and O–H groups in total. The summed E-state index contributed by atoms with van der Waals surface area (Å²) in [5.41, 5.74) is 1.19. The van der Waals surface area contributed by atoms with Gasteiger partial charge in [-0.25, -0.2) is 4.21 Å². The molecular weight excluding hydrogens is 192 g/mol. The summed E-state index contributed by atoms with van der Waals surface area (Å²) in [6.07, 6.45) is 7.58. The van der Waals surface area contributed by atoms with Crippen LogP contribution in [-0.4, -0.2) is 4.21 Å². The molecule has 2 heteroatoms. The Kier molecular flexibility index (Phi) is 2.64. The molecule has 1 aliphatic rings. The number of allylic oxidation sites excluding steroid dienone is 4. The summed E-state index contributed by atoms with van der Waals surface area (Å²) in [7, 11) is -1.02. The number of benzene rings is 1. The van der Waals surface area contributed by atoms with E-state index in [1.165, 1.54) is 5.56 Å². The van der Waals surface area contributed by atoms with Crippen LogP contribution in [-0.2, 0) is 10.8 Å². The molecule has 1 radical (unpaired) electrons. The molecule has 1 atom stereocenters. The van der Waals surface area contributed by atoms with Crippen molar-refractivity contribution in [1.29, 1.82) is 0 Å². The van der Waals surface area contributed by atoms with Crippen molar-refractivity contribution >= 4 is 10.8 Å². The lowest BCUT2D eigenvalue weighted by Crippen LogP contribution is -1.94. The Hall–Kier alpha value is -1.15. The maximum absolute atomic E-state index is 11.9. The average Bonchev–Trinajstić information content (AvgIpc) is 2.71. The summed E-state index contributed by atoms with van der Waals surface area (Å²) in [5, 5.41) is 0. The van der Waals surface area contributed by atoms with Crippen LogP contribution in [0.5, 0.6) is 0 Å². The van der Waals surface area contributed by atoms with Gasteiger partial charge >= 0.3 is 0 Å². The lowest BCUT2D eigenvalue weighted by molar-refractivity contribution is 0.687. The van der Waals surface area contributed by atoms with Crippen molar-refractivity contribution in [2.45, 2.75) is 11.8 Å². The highest BCUT2D eigenvalue weighted by atomic mass is 32.2. The summed E-state index contributed by atoms with van der Waals surface area (Å²) >= 11 is 0. The van der Waals surface area contributed by atoms with Gasteiger partial charge in [0.15, 0.2) is 0 Å². The first-order chi connectivity index (χ1) is 6.77. The van der Waals surface area contributed by atoms with Crippen molar-refractivity contribution in [3.8, 4) is 0 Å². The second kappa shape index (κ2) is 3.93. The van der Waals surface area contributed by atoms with Gasteiger partial charge in [-0.3, -0.25) is 0 Å². The molecule has 0 bridgehead atoms. The third-order valence-electron chi connectivity index (χ3n) is 2.08. The minimum Gasteiger partial charge on any atom is -0.249 e. The maximum atomic E-state index is 11.9. The lowest BCUT2D eigenvalue weighted by atomic mass is 10.2. The molecular formula is C12H11OS. The molecule has 1 aromatic carbocycles. The van der Waals surface area contributed by atoms with E-state index in [1.807, 2.05) is 55.8 Å². The molecule has 71 valence electrons. The van der Waals surface area contributed by atoms with Crippen LogP contribution in [0.3, 0.4) is 0 Å². The van der Waals surface area contributed by atoms with Gasteiger partial charge in [0.1, 0.15) is 0 Å². The van der Waals surface area contributed by atoms with Gasteiger partial charge in [-0.2, -0.15) is 0 Å². The molecule has 0 spiro atoms. The highest BCUT2D eigenvalue weighted by molar-refractivity contribution is 7.89. The fraction of sp³-hybridized carbons (Fsp3) is 0.0833. The summed E-state index contributed by atoms with van der Waals surface area (Å²) in [4.78, 5) is 1.73. The van der Waals surface area contributed by atoms with E-state index in [9.17, 15) is 4.21 Å². The Labute approximate surface area is 86.6 Å². The van der Waals surface area contributed by atoms with Crippen LogP contribution in [0.2, 0.25) is 0 Å².